The summed E-state index contributed by atoms with van der Waals surface area (Å²) in [6.07, 6.45) is 1.95. The summed E-state index contributed by atoms with van der Waals surface area (Å²) in [6, 6.07) is 0. The van der Waals surface area contributed by atoms with Crippen molar-refractivity contribution in [2.75, 3.05) is 13.2 Å². The third-order valence-corrected chi connectivity index (χ3v) is 1.63. The minimum absolute atomic E-state index is 0.118. The lowest BCUT2D eigenvalue weighted by molar-refractivity contribution is 0.0336. The van der Waals surface area contributed by atoms with Gasteiger partial charge in [0.2, 0.25) is 0 Å². The van der Waals surface area contributed by atoms with Gasteiger partial charge in [-0.15, -0.1) is 0 Å². The summed E-state index contributed by atoms with van der Waals surface area (Å²) < 4.78 is 10.8. The second-order valence-electron chi connectivity index (χ2n) is 3.68. The Hall–Kier alpha value is -0.275. The van der Waals surface area contributed by atoms with Gasteiger partial charge < -0.3 is 9.31 Å². The molecule has 1 aliphatic heterocycles. The molecule has 0 aliphatic carbocycles. The van der Waals surface area contributed by atoms with Gasteiger partial charge in [0.1, 0.15) is 0 Å². The van der Waals surface area contributed by atoms with Crippen LogP contribution in [0.3, 0.4) is 0 Å². The van der Waals surface area contributed by atoms with E-state index in [0.717, 1.165) is 13.2 Å². The molecule has 1 heterocycles. The highest BCUT2D eigenvalue weighted by Gasteiger charge is 2.29. The third kappa shape index (κ3) is 2.68. The normalized spacial score (nSPS) is 24.5. The summed E-state index contributed by atoms with van der Waals surface area (Å²) in [5.41, 5.74) is 0.179. The topological polar surface area (TPSA) is 18.5 Å². The molecular formula is C8H15BO2. The lowest BCUT2D eigenvalue weighted by atomic mass is 9.84. The first-order valence-corrected chi connectivity index (χ1v) is 4.00. The first-order chi connectivity index (χ1) is 5.14. The van der Waals surface area contributed by atoms with Gasteiger partial charge in [-0.05, 0) is 6.92 Å². The van der Waals surface area contributed by atoms with Gasteiger partial charge in [0.25, 0.3) is 0 Å². The van der Waals surface area contributed by atoms with Crippen molar-refractivity contribution in [1.29, 1.82) is 0 Å². The van der Waals surface area contributed by atoms with Gasteiger partial charge in [0.05, 0.1) is 0 Å². The molecule has 0 spiro atoms. The minimum Gasteiger partial charge on any atom is -0.407 e. The molecule has 0 amide bonds. The Morgan fingerprint density at radius 2 is 1.82 bits per heavy atom. The fourth-order valence-electron chi connectivity index (χ4n) is 0.973. The smallest absolute Gasteiger partial charge is 0.407 e. The molecule has 1 saturated heterocycles. The van der Waals surface area contributed by atoms with E-state index < -0.39 is 0 Å². The molecule has 11 heavy (non-hydrogen) atoms. The zero-order chi connectivity index (χ0) is 8.32. The van der Waals surface area contributed by atoms with E-state index in [1.165, 1.54) is 0 Å². The van der Waals surface area contributed by atoms with E-state index in [1.54, 1.807) is 0 Å². The average Bonchev–Trinajstić information content (AvgIpc) is 1.94. The van der Waals surface area contributed by atoms with Gasteiger partial charge in [-0.1, -0.05) is 25.9 Å². The number of hydrogen-bond acceptors (Lipinski definition) is 2. The fourth-order valence-corrected chi connectivity index (χ4v) is 0.973. The molecule has 0 saturated carbocycles. The zero-order valence-electron chi connectivity index (χ0n) is 7.46. The molecule has 0 aromatic carbocycles. The molecular weight excluding hydrogens is 139 g/mol. The van der Waals surface area contributed by atoms with Crippen molar-refractivity contribution in [2.45, 2.75) is 20.8 Å². The van der Waals surface area contributed by atoms with Crippen LogP contribution in [0.15, 0.2) is 12.1 Å². The molecule has 3 heteroatoms. The van der Waals surface area contributed by atoms with Gasteiger partial charge in [-0.3, -0.25) is 0 Å². The van der Waals surface area contributed by atoms with Crippen molar-refractivity contribution in [1.82, 2.24) is 0 Å². The summed E-state index contributed by atoms with van der Waals surface area (Å²) in [7, 11) is -0.118. The van der Waals surface area contributed by atoms with Crippen LogP contribution in [-0.2, 0) is 9.31 Å². The highest BCUT2D eigenvalue weighted by atomic mass is 16.6. The van der Waals surface area contributed by atoms with Crippen LogP contribution in [0.25, 0.3) is 0 Å². The monoisotopic (exact) mass is 154 g/mol. The second-order valence-corrected chi connectivity index (χ2v) is 3.68. The van der Waals surface area contributed by atoms with Crippen molar-refractivity contribution < 1.29 is 9.31 Å². The molecule has 1 fully saturated rings. The number of hydrogen-bond donors (Lipinski definition) is 0. The van der Waals surface area contributed by atoms with Crippen molar-refractivity contribution in [3.63, 3.8) is 0 Å². The van der Waals surface area contributed by atoms with Crippen LogP contribution in [-0.4, -0.2) is 20.3 Å². The maximum absolute atomic E-state index is 5.42. The molecule has 2 nitrogen and oxygen atoms in total. The molecule has 1 rings (SSSR count). The van der Waals surface area contributed by atoms with E-state index in [4.69, 9.17) is 9.31 Å². The van der Waals surface area contributed by atoms with Gasteiger partial charge in [0, 0.05) is 18.6 Å². The Kier molecular flexibility index (Phi) is 2.74. The van der Waals surface area contributed by atoms with E-state index in [2.05, 4.69) is 13.8 Å². The lowest BCUT2D eigenvalue weighted by Gasteiger charge is -2.31. The Morgan fingerprint density at radius 1 is 1.27 bits per heavy atom. The van der Waals surface area contributed by atoms with Crippen LogP contribution in [0.1, 0.15) is 20.8 Å². The van der Waals surface area contributed by atoms with Crippen LogP contribution in [0, 0.1) is 5.41 Å². The summed E-state index contributed by atoms with van der Waals surface area (Å²) in [5.74, 6) is 1.93. The fraction of sp³-hybridized carbons (Fsp3) is 0.750. The molecule has 0 aromatic heterocycles. The summed E-state index contributed by atoms with van der Waals surface area (Å²) >= 11 is 0. The SMILES string of the molecule is C/C=C\B1OCC(C)(C)CO1. The lowest BCUT2D eigenvalue weighted by Crippen LogP contribution is -2.39. The minimum atomic E-state index is -0.118. The molecule has 0 radical (unpaired) electrons. The van der Waals surface area contributed by atoms with Crippen LogP contribution in [0.2, 0.25) is 0 Å². The zero-order valence-corrected chi connectivity index (χ0v) is 7.46. The van der Waals surface area contributed by atoms with Gasteiger partial charge >= 0.3 is 7.12 Å². The molecule has 0 atom stereocenters. The van der Waals surface area contributed by atoms with Gasteiger partial charge in [0.15, 0.2) is 0 Å². The first-order valence-electron chi connectivity index (χ1n) is 4.00. The highest BCUT2D eigenvalue weighted by Crippen LogP contribution is 2.21. The molecule has 0 aromatic rings. The largest absolute Gasteiger partial charge is 0.485 e. The molecule has 1 aliphatic rings. The standard InChI is InChI=1S/C8H15BO2/c1-4-5-9-10-6-8(2,3)7-11-9/h4-5H,6-7H2,1-3H3/b5-4-. The van der Waals surface area contributed by atoms with Crippen molar-refractivity contribution in [3.8, 4) is 0 Å². The number of rotatable bonds is 1. The predicted octanol–water partition coefficient (Wildman–Crippen LogP) is 1.66. The average molecular weight is 154 g/mol. The molecule has 0 N–H and O–H groups in total. The second kappa shape index (κ2) is 3.41. The van der Waals surface area contributed by atoms with E-state index in [1.807, 2.05) is 19.0 Å². The van der Waals surface area contributed by atoms with Crippen LogP contribution in [0.4, 0.5) is 0 Å². The maximum Gasteiger partial charge on any atom is 0.485 e. The van der Waals surface area contributed by atoms with E-state index >= 15 is 0 Å². The first kappa shape index (κ1) is 8.82. The summed E-state index contributed by atoms with van der Waals surface area (Å²) in [5, 5.41) is 0. The summed E-state index contributed by atoms with van der Waals surface area (Å²) in [4.78, 5) is 0. The van der Waals surface area contributed by atoms with Crippen LogP contribution in [0.5, 0.6) is 0 Å². The summed E-state index contributed by atoms with van der Waals surface area (Å²) in [6.45, 7) is 7.80. The van der Waals surface area contributed by atoms with E-state index in [0.29, 0.717) is 0 Å². The predicted molar refractivity (Wildman–Crippen MR) is 46.3 cm³/mol. The quantitative estimate of drug-likeness (QED) is 0.534. The number of allylic oxidation sites excluding steroid dienone is 1. The van der Waals surface area contributed by atoms with Gasteiger partial charge in [-0.25, -0.2) is 0 Å². The third-order valence-electron chi connectivity index (χ3n) is 1.63. The molecule has 62 valence electrons. The Bertz CT molecular complexity index is 144. The van der Waals surface area contributed by atoms with Crippen LogP contribution < -0.4 is 0 Å². The molecule has 0 unspecified atom stereocenters. The van der Waals surface area contributed by atoms with Gasteiger partial charge in [-0.2, -0.15) is 0 Å². The molecule has 0 bridgehead atoms. The van der Waals surface area contributed by atoms with Crippen LogP contribution >= 0.6 is 0 Å². The Labute approximate surface area is 68.7 Å². The highest BCUT2D eigenvalue weighted by molar-refractivity contribution is 6.50. The van der Waals surface area contributed by atoms with Crippen molar-refractivity contribution in [2.24, 2.45) is 5.41 Å². The Balaban J connectivity index is 2.36. The van der Waals surface area contributed by atoms with Crippen molar-refractivity contribution >= 4 is 7.12 Å². The van der Waals surface area contributed by atoms with Crippen molar-refractivity contribution in [3.05, 3.63) is 12.1 Å². The van der Waals surface area contributed by atoms with E-state index in [-0.39, 0.29) is 12.5 Å². The Morgan fingerprint density at radius 3 is 2.27 bits per heavy atom. The maximum atomic E-state index is 5.42. The van der Waals surface area contributed by atoms with E-state index in [9.17, 15) is 0 Å².